The van der Waals surface area contributed by atoms with Crippen molar-refractivity contribution in [2.75, 3.05) is 13.1 Å². The van der Waals surface area contributed by atoms with Crippen molar-refractivity contribution in [3.8, 4) is 5.88 Å². The van der Waals surface area contributed by atoms with Crippen molar-refractivity contribution >= 4 is 22.5 Å². The second-order valence-electron chi connectivity index (χ2n) is 7.73. The molecule has 0 aliphatic carbocycles. The molecule has 0 bridgehead atoms. The summed E-state index contributed by atoms with van der Waals surface area (Å²) in [6.07, 6.45) is 1.53. The van der Waals surface area contributed by atoms with Crippen LogP contribution in [-0.4, -0.2) is 50.3 Å². The van der Waals surface area contributed by atoms with Crippen LogP contribution < -0.4 is 4.74 Å². The fraction of sp³-hybridized carbons (Fsp3) is 0.320. The van der Waals surface area contributed by atoms with Gasteiger partial charge in [0.2, 0.25) is 5.88 Å². The minimum atomic E-state index is -3.07. The average Bonchev–Trinajstić information content (AvgIpc) is 3.22. The lowest BCUT2D eigenvalue weighted by Gasteiger charge is -2.38. The van der Waals surface area contributed by atoms with Gasteiger partial charge in [0.25, 0.3) is 11.8 Å². The molecule has 0 saturated carbocycles. The van der Waals surface area contributed by atoms with Gasteiger partial charge >= 0.3 is 0 Å². The quantitative estimate of drug-likeness (QED) is 0.432. The normalized spacial score (nSPS) is 17.5. The van der Waals surface area contributed by atoms with Gasteiger partial charge in [-0.25, -0.2) is 18.7 Å². The number of rotatable bonds is 3. The number of aromatic nitrogens is 3. The molecule has 5 rings (SSSR count). The van der Waals surface area contributed by atoms with Crippen molar-refractivity contribution in [1.82, 2.24) is 19.3 Å². The highest BCUT2D eigenvalue weighted by Gasteiger charge is 2.47. The highest BCUT2D eigenvalue weighted by molar-refractivity contribution is 6.00. The van der Waals surface area contributed by atoms with Gasteiger partial charge in [0.15, 0.2) is 6.10 Å². The second-order valence-corrected chi connectivity index (χ2v) is 7.73. The maximum atomic E-state index is 14.7. The number of para-hydroxylation sites is 1. The van der Waals surface area contributed by atoms with Crippen LogP contribution in [0.2, 0.25) is 0 Å². The maximum absolute atomic E-state index is 14.7. The van der Waals surface area contributed by atoms with Gasteiger partial charge < -0.3 is 14.0 Å². The van der Waals surface area contributed by atoms with E-state index in [0.717, 1.165) is 11.1 Å². The first-order valence-electron chi connectivity index (χ1n) is 11.0. The van der Waals surface area contributed by atoms with E-state index in [9.17, 15) is 13.6 Å². The number of ether oxygens (including phenoxy) is 1. The van der Waals surface area contributed by atoms with Crippen LogP contribution in [0.1, 0.15) is 36.3 Å². The first kappa shape index (κ1) is 22.6. The molecule has 4 aromatic rings. The summed E-state index contributed by atoms with van der Waals surface area (Å²) in [5, 5.41) is 0.894. The van der Waals surface area contributed by atoms with Gasteiger partial charge in [-0.3, -0.25) is 4.79 Å². The SMILES string of the molecule is CC.Cc1cnc2c(C(=O)N3CCC(F)(F)C(Oc4ccc5ccccc5n4)C3)cccn12. The smallest absolute Gasteiger partial charge is 0.287 e. The van der Waals surface area contributed by atoms with Crippen molar-refractivity contribution < 1.29 is 18.3 Å². The molecule has 8 heteroatoms. The van der Waals surface area contributed by atoms with Gasteiger partial charge in [0.1, 0.15) is 5.65 Å². The Morgan fingerprint density at radius 1 is 1.12 bits per heavy atom. The molecule has 6 nitrogen and oxygen atoms in total. The van der Waals surface area contributed by atoms with Crippen LogP contribution in [0.15, 0.2) is 60.9 Å². The van der Waals surface area contributed by atoms with E-state index in [-0.39, 0.29) is 24.9 Å². The summed E-state index contributed by atoms with van der Waals surface area (Å²) in [6, 6.07) is 14.2. The lowest BCUT2D eigenvalue weighted by Crippen LogP contribution is -2.55. The number of pyridine rings is 2. The Morgan fingerprint density at radius 3 is 2.73 bits per heavy atom. The molecule has 33 heavy (non-hydrogen) atoms. The summed E-state index contributed by atoms with van der Waals surface area (Å²) in [4.78, 5) is 23.2. The molecule has 1 atom stereocenters. The van der Waals surface area contributed by atoms with E-state index in [1.165, 1.54) is 4.90 Å². The van der Waals surface area contributed by atoms with Gasteiger partial charge in [-0.15, -0.1) is 0 Å². The summed E-state index contributed by atoms with van der Waals surface area (Å²) in [7, 11) is 0. The third-order valence-electron chi connectivity index (χ3n) is 5.65. The van der Waals surface area contributed by atoms with E-state index in [4.69, 9.17) is 4.74 Å². The van der Waals surface area contributed by atoms with Crippen molar-refractivity contribution in [2.45, 2.75) is 39.2 Å². The number of amides is 1. The number of hydrogen-bond donors (Lipinski definition) is 0. The predicted molar refractivity (Wildman–Crippen MR) is 123 cm³/mol. The Hall–Kier alpha value is -3.55. The topological polar surface area (TPSA) is 59.7 Å². The van der Waals surface area contributed by atoms with E-state index >= 15 is 0 Å². The first-order chi connectivity index (χ1) is 15.9. The zero-order chi connectivity index (χ0) is 23.6. The van der Waals surface area contributed by atoms with Crippen molar-refractivity contribution in [1.29, 1.82) is 0 Å². The van der Waals surface area contributed by atoms with Gasteiger partial charge in [0.05, 0.1) is 17.6 Å². The lowest BCUT2D eigenvalue weighted by atomic mass is 10.0. The minimum absolute atomic E-state index is 0.0579. The number of alkyl halides is 2. The number of fused-ring (bicyclic) bond motifs is 2. The van der Waals surface area contributed by atoms with Crippen LogP contribution in [-0.2, 0) is 0 Å². The van der Waals surface area contributed by atoms with Crippen molar-refractivity contribution in [2.24, 2.45) is 0 Å². The number of aryl methyl sites for hydroxylation is 1. The van der Waals surface area contributed by atoms with E-state index in [2.05, 4.69) is 9.97 Å². The van der Waals surface area contributed by atoms with Crippen LogP contribution in [0.3, 0.4) is 0 Å². The Morgan fingerprint density at radius 2 is 1.91 bits per heavy atom. The summed E-state index contributed by atoms with van der Waals surface area (Å²) in [5.74, 6) is -3.30. The highest BCUT2D eigenvalue weighted by atomic mass is 19.3. The number of piperidine rings is 1. The molecule has 3 aromatic heterocycles. The molecule has 1 aliphatic heterocycles. The Bertz CT molecular complexity index is 1290. The molecule has 1 amide bonds. The number of hydrogen-bond acceptors (Lipinski definition) is 4. The van der Waals surface area contributed by atoms with Gasteiger partial charge in [-0.1, -0.05) is 32.0 Å². The molecule has 172 valence electrons. The Kier molecular flexibility index (Phi) is 6.26. The largest absolute Gasteiger partial charge is 0.466 e. The first-order valence-corrected chi connectivity index (χ1v) is 11.0. The molecule has 0 N–H and O–H groups in total. The fourth-order valence-corrected chi connectivity index (χ4v) is 3.91. The monoisotopic (exact) mass is 452 g/mol. The standard InChI is InChI=1S/C23H20F2N4O2.C2H6/c1-15-13-26-21-17(6-4-11-29(15)21)22(30)28-12-10-23(24,25)19(14-28)31-20-9-8-16-5-2-3-7-18(16)27-20;1-2/h2-9,11,13,19H,10,12,14H2,1H3;1-2H3. The number of nitrogens with zero attached hydrogens (tertiary/aromatic N) is 4. The van der Waals surface area contributed by atoms with Crippen LogP contribution in [0, 0.1) is 6.92 Å². The average molecular weight is 453 g/mol. The van der Waals surface area contributed by atoms with Crippen LogP contribution in [0.4, 0.5) is 8.78 Å². The van der Waals surface area contributed by atoms with Crippen LogP contribution in [0.25, 0.3) is 16.6 Å². The summed E-state index contributed by atoms with van der Waals surface area (Å²) in [5.41, 5.74) is 2.44. The highest BCUT2D eigenvalue weighted by Crippen LogP contribution is 2.32. The van der Waals surface area contributed by atoms with E-state index in [0.29, 0.717) is 16.7 Å². The van der Waals surface area contributed by atoms with Crippen molar-refractivity contribution in [3.05, 3.63) is 72.2 Å². The molecular formula is C25H26F2N4O2. The number of benzene rings is 1. The predicted octanol–water partition coefficient (Wildman–Crippen LogP) is 5.15. The molecule has 1 aromatic carbocycles. The number of carbonyl (C=O) groups is 1. The number of likely N-dealkylation sites (tertiary alicyclic amines) is 1. The molecule has 1 aliphatic rings. The fourth-order valence-electron chi connectivity index (χ4n) is 3.91. The van der Waals surface area contributed by atoms with E-state index in [1.54, 1.807) is 40.9 Å². The van der Waals surface area contributed by atoms with E-state index < -0.39 is 18.4 Å². The van der Waals surface area contributed by atoms with Crippen LogP contribution in [0.5, 0.6) is 5.88 Å². The lowest BCUT2D eigenvalue weighted by molar-refractivity contribution is -0.131. The molecule has 4 heterocycles. The molecule has 0 spiro atoms. The van der Waals surface area contributed by atoms with Crippen molar-refractivity contribution in [3.63, 3.8) is 0 Å². The molecule has 1 saturated heterocycles. The van der Waals surface area contributed by atoms with Gasteiger partial charge in [-0.05, 0) is 31.2 Å². The number of imidazole rings is 1. The summed E-state index contributed by atoms with van der Waals surface area (Å²) >= 11 is 0. The molecule has 0 radical (unpaired) electrons. The molecule has 1 unspecified atom stereocenters. The second kappa shape index (κ2) is 9.13. The minimum Gasteiger partial charge on any atom is -0.466 e. The van der Waals surface area contributed by atoms with Gasteiger partial charge in [0, 0.05) is 42.5 Å². The number of carbonyl (C=O) groups excluding carboxylic acids is 1. The third-order valence-corrected chi connectivity index (χ3v) is 5.65. The Labute approximate surface area is 190 Å². The van der Waals surface area contributed by atoms with Gasteiger partial charge in [-0.2, -0.15) is 0 Å². The molecular weight excluding hydrogens is 426 g/mol. The van der Waals surface area contributed by atoms with E-state index in [1.807, 2.05) is 45.2 Å². The summed E-state index contributed by atoms with van der Waals surface area (Å²) in [6.45, 7) is 5.59. The van der Waals surface area contributed by atoms with Crippen LogP contribution >= 0.6 is 0 Å². The zero-order valence-electron chi connectivity index (χ0n) is 18.8. The molecule has 1 fully saturated rings. The number of halogens is 2. The third kappa shape index (κ3) is 4.37. The summed E-state index contributed by atoms with van der Waals surface area (Å²) < 4.78 is 36.7. The maximum Gasteiger partial charge on any atom is 0.287 e. The zero-order valence-corrected chi connectivity index (χ0v) is 18.8. The Balaban J connectivity index is 0.00000126.